The van der Waals surface area contributed by atoms with Gasteiger partial charge in [-0.15, -0.1) is 0 Å². The maximum Gasteiger partial charge on any atom is 0.124 e. The van der Waals surface area contributed by atoms with Crippen LogP contribution in [-0.2, 0) is 13.1 Å². The second-order valence-electron chi connectivity index (χ2n) is 7.43. The largest absolute Gasteiger partial charge is 0.468 e. The smallest absolute Gasteiger partial charge is 0.124 e. The van der Waals surface area contributed by atoms with Crippen molar-refractivity contribution in [1.82, 2.24) is 19.4 Å². The molecule has 1 aromatic carbocycles. The van der Waals surface area contributed by atoms with Crippen LogP contribution in [0.5, 0.6) is 0 Å². The number of para-hydroxylation sites is 2. The molecule has 0 aliphatic carbocycles. The molecule has 0 saturated carbocycles. The third kappa shape index (κ3) is 4.54. The van der Waals surface area contributed by atoms with E-state index >= 15 is 0 Å². The van der Waals surface area contributed by atoms with Crippen LogP contribution in [0.2, 0.25) is 0 Å². The molecule has 0 aliphatic heterocycles. The summed E-state index contributed by atoms with van der Waals surface area (Å²) < 4.78 is 7.94. The van der Waals surface area contributed by atoms with Crippen molar-refractivity contribution in [1.29, 1.82) is 0 Å². The van der Waals surface area contributed by atoms with Crippen LogP contribution in [-0.4, -0.2) is 46.5 Å². The first-order valence-electron chi connectivity index (χ1n) is 9.40. The van der Waals surface area contributed by atoms with E-state index in [1.807, 2.05) is 12.1 Å². The van der Waals surface area contributed by atoms with Crippen LogP contribution in [0.4, 0.5) is 0 Å². The average Bonchev–Trinajstić information content (AvgIpc) is 3.21. The van der Waals surface area contributed by atoms with Gasteiger partial charge in [-0.3, -0.25) is 4.90 Å². The fourth-order valence-electron chi connectivity index (χ4n) is 3.43. The molecule has 5 nitrogen and oxygen atoms in total. The van der Waals surface area contributed by atoms with E-state index in [1.165, 1.54) is 5.52 Å². The highest BCUT2D eigenvalue weighted by atomic mass is 16.3. The van der Waals surface area contributed by atoms with Gasteiger partial charge in [-0.05, 0) is 65.2 Å². The topological polar surface area (TPSA) is 37.4 Å². The van der Waals surface area contributed by atoms with Gasteiger partial charge < -0.3 is 13.9 Å². The lowest BCUT2D eigenvalue weighted by Gasteiger charge is -2.23. The molecule has 5 heteroatoms. The summed E-state index contributed by atoms with van der Waals surface area (Å²) in [5, 5.41) is 0. The van der Waals surface area contributed by atoms with Crippen molar-refractivity contribution in [3.63, 3.8) is 0 Å². The van der Waals surface area contributed by atoms with E-state index in [0.717, 1.165) is 49.7 Å². The number of fused-ring (bicyclic) bond motifs is 1. The minimum atomic E-state index is 0.379. The maximum absolute atomic E-state index is 5.59. The van der Waals surface area contributed by atoms with Gasteiger partial charge in [0.2, 0.25) is 0 Å². The lowest BCUT2D eigenvalue weighted by atomic mass is 10.3. The number of benzene rings is 1. The van der Waals surface area contributed by atoms with Gasteiger partial charge in [-0.1, -0.05) is 12.1 Å². The van der Waals surface area contributed by atoms with E-state index in [0.29, 0.717) is 6.04 Å². The number of hydrogen-bond donors (Lipinski definition) is 0. The zero-order valence-electron chi connectivity index (χ0n) is 16.4. The molecule has 0 bridgehead atoms. The zero-order valence-corrected chi connectivity index (χ0v) is 16.4. The standard InChI is InChI=1S/C21H30N4O/c1-17(2)25-20-11-6-5-10-19(20)22-21(25)16-24(13-8-12-23(3)4)15-18-9-7-14-26-18/h5-7,9-11,14,17H,8,12-13,15-16H2,1-4H3. The minimum Gasteiger partial charge on any atom is -0.468 e. The Balaban J connectivity index is 1.83. The summed E-state index contributed by atoms with van der Waals surface area (Å²) in [6.07, 6.45) is 2.87. The molecule has 26 heavy (non-hydrogen) atoms. The Morgan fingerprint density at radius 2 is 1.85 bits per heavy atom. The molecule has 0 unspecified atom stereocenters. The molecular formula is C21H30N4O. The summed E-state index contributed by atoms with van der Waals surface area (Å²) in [7, 11) is 4.24. The molecule has 2 heterocycles. The quantitative estimate of drug-likeness (QED) is 0.578. The first-order valence-corrected chi connectivity index (χ1v) is 9.40. The van der Waals surface area contributed by atoms with Crippen molar-refractivity contribution in [2.75, 3.05) is 27.2 Å². The normalized spacial score (nSPS) is 12.1. The van der Waals surface area contributed by atoms with Gasteiger partial charge in [0.15, 0.2) is 0 Å². The van der Waals surface area contributed by atoms with Gasteiger partial charge in [-0.25, -0.2) is 4.98 Å². The van der Waals surface area contributed by atoms with E-state index in [9.17, 15) is 0 Å². The van der Waals surface area contributed by atoms with Crippen LogP contribution in [0.1, 0.15) is 37.9 Å². The molecular weight excluding hydrogens is 324 g/mol. The Morgan fingerprint density at radius 1 is 1.04 bits per heavy atom. The predicted octanol–water partition coefficient (Wildman–Crippen LogP) is 4.16. The highest BCUT2D eigenvalue weighted by Crippen LogP contribution is 2.22. The molecule has 3 aromatic rings. The maximum atomic E-state index is 5.59. The minimum absolute atomic E-state index is 0.379. The molecule has 0 fully saturated rings. The van der Waals surface area contributed by atoms with Crippen LogP contribution in [0.3, 0.4) is 0 Å². The van der Waals surface area contributed by atoms with E-state index in [4.69, 9.17) is 9.40 Å². The van der Waals surface area contributed by atoms with Crippen LogP contribution in [0, 0.1) is 0 Å². The fraction of sp³-hybridized carbons (Fsp3) is 0.476. The van der Waals surface area contributed by atoms with Crippen molar-refractivity contribution in [3.8, 4) is 0 Å². The highest BCUT2D eigenvalue weighted by Gasteiger charge is 2.17. The van der Waals surface area contributed by atoms with E-state index in [2.05, 4.69) is 66.6 Å². The van der Waals surface area contributed by atoms with E-state index in [1.54, 1.807) is 6.26 Å². The third-order valence-corrected chi connectivity index (χ3v) is 4.59. The Bertz CT molecular complexity index is 805. The van der Waals surface area contributed by atoms with Crippen molar-refractivity contribution >= 4 is 11.0 Å². The van der Waals surface area contributed by atoms with E-state index < -0.39 is 0 Å². The van der Waals surface area contributed by atoms with Gasteiger partial charge in [0.1, 0.15) is 11.6 Å². The van der Waals surface area contributed by atoms with Crippen LogP contribution >= 0.6 is 0 Å². The Morgan fingerprint density at radius 3 is 2.54 bits per heavy atom. The van der Waals surface area contributed by atoms with Crippen molar-refractivity contribution < 1.29 is 4.42 Å². The summed E-state index contributed by atoms with van der Waals surface area (Å²) in [4.78, 5) is 9.59. The molecule has 3 rings (SSSR count). The number of imidazole rings is 1. The Kier molecular flexibility index (Phi) is 6.12. The molecule has 0 N–H and O–H groups in total. The van der Waals surface area contributed by atoms with E-state index in [-0.39, 0.29) is 0 Å². The molecule has 0 saturated heterocycles. The second kappa shape index (κ2) is 8.52. The Hall–Kier alpha value is -2.11. The lowest BCUT2D eigenvalue weighted by Crippen LogP contribution is -2.28. The predicted molar refractivity (Wildman–Crippen MR) is 106 cm³/mol. The van der Waals surface area contributed by atoms with Gasteiger partial charge in [0.05, 0.1) is 30.4 Å². The van der Waals surface area contributed by atoms with Crippen LogP contribution in [0.25, 0.3) is 11.0 Å². The molecule has 0 atom stereocenters. The monoisotopic (exact) mass is 354 g/mol. The third-order valence-electron chi connectivity index (χ3n) is 4.59. The number of nitrogens with zero attached hydrogens (tertiary/aromatic N) is 4. The Labute approximate surface area is 156 Å². The molecule has 140 valence electrons. The van der Waals surface area contributed by atoms with Gasteiger partial charge in [0, 0.05) is 12.6 Å². The fourth-order valence-corrected chi connectivity index (χ4v) is 3.43. The average molecular weight is 354 g/mol. The summed E-state index contributed by atoms with van der Waals surface area (Å²) >= 11 is 0. The summed E-state index contributed by atoms with van der Waals surface area (Å²) in [6, 6.07) is 12.8. The number of rotatable bonds is 9. The highest BCUT2D eigenvalue weighted by molar-refractivity contribution is 5.76. The van der Waals surface area contributed by atoms with Crippen molar-refractivity contribution in [2.45, 2.75) is 39.4 Å². The lowest BCUT2D eigenvalue weighted by molar-refractivity contribution is 0.214. The molecule has 0 spiro atoms. The molecule has 2 aromatic heterocycles. The van der Waals surface area contributed by atoms with Crippen LogP contribution < -0.4 is 0 Å². The zero-order chi connectivity index (χ0) is 18.5. The second-order valence-corrected chi connectivity index (χ2v) is 7.43. The van der Waals surface area contributed by atoms with Gasteiger partial charge >= 0.3 is 0 Å². The summed E-state index contributed by atoms with van der Waals surface area (Å²) in [5.41, 5.74) is 2.28. The number of hydrogen-bond acceptors (Lipinski definition) is 4. The van der Waals surface area contributed by atoms with Crippen LogP contribution in [0.15, 0.2) is 47.1 Å². The first kappa shape index (κ1) is 18.7. The molecule has 0 aliphatic rings. The van der Waals surface area contributed by atoms with Crippen molar-refractivity contribution in [2.24, 2.45) is 0 Å². The molecule has 0 amide bonds. The SMILES string of the molecule is CC(C)n1c(CN(CCCN(C)C)Cc2ccco2)nc2ccccc21. The van der Waals surface area contributed by atoms with Crippen molar-refractivity contribution in [3.05, 3.63) is 54.2 Å². The first-order chi connectivity index (χ1) is 12.5. The number of furan rings is 1. The van der Waals surface area contributed by atoms with Gasteiger partial charge in [-0.2, -0.15) is 0 Å². The summed E-state index contributed by atoms with van der Waals surface area (Å²) in [5.74, 6) is 2.12. The van der Waals surface area contributed by atoms with Gasteiger partial charge in [0.25, 0.3) is 0 Å². The number of aromatic nitrogens is 2. The summed E-state index contributed by atoms with van der Waals surface area (Å²) in [6.45, 7) is 8.17. The molecule has 0 radical (unpaired) electrons.